The molecule has 3 heterocycles. The molecule has 13 aromatic rings. The summed E-state index contributed by atoms with van der Waals surface area (Å²) in [4.78, 5) is 15.8. The minimum absolute atomic E-state index is 0.466. The van der Waals surface area contributed by atoms with Gasteiger partial charge < -0.3 is 9.13 Å². The minimum atomic E-state index is 0.466. The molecule has 0 N–H and O–H groups in total. The number of nitrogens with zero attached hydrogens (tertiary/aromatic N) is 6. The van der Waals surface area contributed by atoms with Gasteiger partial charge in [0.25, 0.3) is 0 Å². The Bertz CT molecular complexity index is 4020. The van der Waals surface area contributed by atoms with Crippen molar-refractivity contribution in [3.8, 4) is 73.9 Å². The standard InChI is InChI=1S/C62H38N6/c63-39-40-23-35-56(68-54-21-11-9-19-50(54)51-34-36-57-58(59(51)68)52-20-10-12-22-55(52)67(57)49-33-32-43-17-7-8-18-48(43)38-49)53(37-40)62-65-60(46-28-24-44(25-29-46)41-13-3-1-4-14-41)64-61(66-62)47-30-26-45(27-31-47)42-15-5-2-6-16-42/h1-38H. The van der Waals surface area contributed by atoms with Crippen molar-refractivity contribution in [1.82, 2.24) is 24.1 Å². The van der Waals surface area contributed by atoms with Crippen LogP contribution in [-0.4, -0.2) is 24.1 Å². The fourth-order valence-corrected chi connectivity index (χ4v) is 9.97. The van der Waals surface area contributed by atoms with E-state index in [1.807, 2.05) is 30.3 Å². The summed E-state index contributed by atoms with van der Waals surface area (Å²) in [7, 11) is 0. The summed E-state index contributed by atoms with van der Waals surface area (Å²) in [5.74, 6) is 1.54. The monoisotopic (exact) mass is 866 g/mol. The zero-order valence-corrected chi connectivity index (χ0v) is 36.6. The smallest absolute Gasteiger partial charge is 0.166 e. The zero-order valence-electron chi connectivity index (χ0n) is 36.6. The van der Waals surface area contributed by atoms with Crippen LogP contribution in [0.1, 0.15) is 5.56 Å². The maximum absolute atomic E-state index is 10.5. The van der Waals surface area contributed by atoms with Gasteiger partial charge in [0, 0.05) is 43.9 Å². The van der Waals surface area contributed by atoms with Gasteiger partial charge in [-0.2, -0.15) is 5.26 Å². The normalized spacial score (nSPS) is 11.5. The van der Waals surface area contributed by atoms with Gasteiger partial charge >= 0.3 is 0 Å². The lowest BCUT2D eigenvalue weighted by atomic mass is 10.0. The van der Waals surface area contributed by atoms with Gasteiger partial charge in [-0.05, 0) is 81.6 Å². The molecule has 0 aliphatic carbocycles. The van der Waals surface area contributed by atoms with Gasteiger partial charge in [0.1, 0.15) is 0 Å². The molecule has 0 spiro atoms. The molecule has 13 rings (SSSR count). The summed E-state index contributed by atoms with van der Waals surface area (Å²) in [5, 5.41) is 17.4. The highest BCUT2D eigenvalue weighted by Crippen LogP contribution is 2.44. The van der Waals surface area contributed by atoms with Crippen molar-refractivity contribution in [2.24, 2.45) is 0 Å². The second-order valence-electron chi connectivity index (χ2n) is 17.1. The average Bonchev–Trinajstić information content (AvgIpc) is 3.94. The van der Waals surface area contributed by atoms with Crippen LogP contribution in [0.25, 0.3) is 122 Å². The average molecular weight is 867 g/mol. The van der Waals surface area contributed by atoms with Crippen LogP contribution in [0.3, 0.4) is 0 Å². The van der Waals surface area contributed by atoms with Crippen molar-refractivity contribution in [2.75, 3.05) is 0 Å². The van der Waals surface area contributed by atoms with Crippen molar-refractivity contribution in [1.29, 1.82) is 5.26 Å². The van der Waals surface area contributed by atoms with Crippen LogP contribution < -0.4 is 0 Å². The summed E-state index contributed by atoms with van der Waals surface area (Å²) >= 11 is 0. The predicted molar refractivity (Wildman–Crippen MR) is 278 cm³/mol. The Kier molecular flexibility index (Phi) is 9.12. The third-order valence-corrected chi connectivity index (χ3v) is 13.2. The van der Waals surface area contributed by atoms with Gasteiger partial charge in [0.05, 0.1) is 39.4 Å². The van der Waals surface area contributed by atoms with E-state index in [1.54, 1.807) is 0 Å². The first-order valence-electron chi connectivity index (χ1n) is 22.7. The Balaban J connectivity index is 1.07. The number of rotatable bonds is 7. The summed E-state index contributed by atoms with van der Waals surface area (Å²) in [5.41, 5.74) is 13.7. The summed E-state index contributed by atoms with van der Waals surface area (Å²) in [6.45, 7) is 0. The molecule has 0 saturated heterocycles. The Morgan fingerprint density at radius 3 is 1.53 bits per heavy atom. The first-order valence-corrected chi connectivity index (χ1v) is 22.7. The quantitative estimate of drug-likeness (QED) is 0.160. The van der Waals surface area contributed by atoms with E-state index in [1.165, 1.54) is 10.8 Å². The van der Waals surface area contributed by atoms with E-state index in [2.05, 4.69) is 215 Å². The third kappa shape index (κ3) is 6.45. The van der Waals surface area contributed by atoms with E-state index < -0.39 is 0 Å². The molecule has 0 bridgehead atoms. The van der Waals surface area contributed by atoms with Crippen LogP contribution in [0, 0.1) is 11.3 Å². The van der Waals surface area contributed by atoms with Crippen LogP contribution in [0.2, 0.25) is 0 Å². The summed E-state index contributed by atoms with van der Waals surface area (Å²) in [6.07, 6.45) is 0. The van der Waals surface area contributed by atoms with Crippen LogP contribution in [0.5, 0.6) is 0 Å². The highest BCUT2D eigenvalue weighted by molar-refractivity contribution is 6.26. The number of benzene rings is 10. The van der Waals surface area contributed by atoms with Crippen molar-refractivity contribution in [2.45, 2.75) is 0 Å². The van der Waals surface area contributed by atoms with Crippen molar-refractivity contribution < 1.29 is 0 Å². The van der Waals surface area contributed by atoms with Gasteiger partial charge in [0.15, 0.2) is 17.5 Å². The Morgan fingerprint density at radius 2 is 0.882 bits per heavy atom. The number of hydrogen-bond donors (Lipinski definition) is 0. The SMILES string of the molecule is N#Cc1ccc(-n2c3ccccc3c3ccc4c(c5ccccc5n4-c4ccc5ccccc5c4)c32)c(-c2nc(-c3ccc(-c4ccccc4)cc3)nc(-c3ccc(-c4ccccc4)cc3)n2)c1. The lowest BCUT2D eigenvalue weighted by Crippen LogP contribution is -2.04. The van der Waals surface area contributed by atoms with E-state index in [4.69, 9.17) is 15.0 Å². The predicted octanol–water partition coefficient (Wildman–Crippen LogP) is 15.4. The molecular formula is C62H38N6. The van der Waals surface area contributed by atoms with Crippen molar-refractivity contribution in [3.63, 3.8) is 0 Å². The molecule has 316 valence electrons. The van der Waals surface area contributed by atoms with Gasteiger partial charge in [-0.3, -0.25) is 0 Å². The second kappa shape index (κ2) is 15.9. The molecule has 0 unspecified atom stereocenters. The number of aromatic nitrogens is 5. The van der Waals surface area contributed by atoms with Gasteiger partial charge in [-0.25, -0.2) is 15.0 Å². The van der Waals surface area contributed by atoms with E-state index >= 15 is 0 Å². The Morgan fingerprint density at radius 1 is 0.353 bits per heavy atom. The maximum Gasteiger partial charge on any atom is 0.166 e. The van der Waals surface area contributed by atoms with Gasteiger partial charge in [-0.15, -0.1) is 0 Å². The van der Waals surface area contributed by atoms with Crippen molar-refractivity contribution in [3.05, 3.63) is 236 Å². The molecule has 0 atom stereocenters. The first kappa shape index (κ1) is 39.0. The Hall–Kier alpha value is -9.44. The highest BCUT2D eigenvalue weighted by Gasteiger charge is 2.24. The molecule has 0 radical (unpaired) electrons. The second-order valence-corrected chi connectivity index (χ2v) is 17.1. The van der Waals surface area contributed by atoms with E-state index in [-0.39, 0.29) is 0 Å². The number of hydrogen-bond acceptors (Lipinski definition) is 4. The van der Waals surface area contributed by atoms with E-state index in [0.717, 1.165) is 88.4 Å². The molecule has 0 aliphatic rings. The van der Waals surface area contributed by atoms with Crippen LogP contribution >= 0.6 is 0 Å². The number of fused-ring (bicyclic) bond motifs is 8. The molecule has 0 amide bonds. The topological polar surface area (TPSA) is 72.3 Å². The molecule has 0 saturated carbocycles. The zero-order chi connectivity index (χ0) is 45.1. The molecule has 0 aliphatic heterocycles. The molecule has 10 aromatic carbocycles. The van der Waals surface area contributed by atoms with E-state index in [9.17, 15) is 5.26 Å². The molecule has 6 heteroatoms. The van der Waals surface area contributed by atoms with Crippen LogP contribution in [-0.2, 0) is 0 Å². The molecular weight excluding hydrogens is 829 g/mol. The highest BCUT2D eigenvalue weighted by atomic mass is 15.1. The minimum Gasteiger partial charge on any atom is -0.309 e. The lowest BCUT2D eigenvalue weighted by molar-refractivity contribution is 1.06. The van der Waals surface area contributed by atoms with Gasteiger partial charge in [0.2, 0.25) is 0 Å². The van der Waals surface area contributed by atoms with E-state index in [0.29, 0.717) is 28.6 Å². The molecule has 0 fully saturated rings. The molecule has 3 aromatic heterocycles. The lowest BCUT2D eigenvalue weighted by Gasteiger charge is -2.16. The summed E-state index contributed by atoms with van der Waals surface area (Å²) in [6, 6.07) is 82.7. The fourth-order valence-electron chi connectivity index (χ4n) is 9.97. The fraction of sp³-hybridized carbons (Fsp3) is 0. The largest absolute Gasteiger partial charge is 0.309 e. The van der Waals surface area contributed by atoms with Crippen LogP contribution in [0.15, 0.2) is 231 Å². The molecule has 6 nitrogen and oxygen atoms in total. The Labute approximate surface area is 391 Å². The molecule has 68 heavy (non-hydrogen) atoms. The number of nitriles is 1. The number of para-hydroxylation sites is 2. The van der Waals surface area contributed by atoms with Gasteiger partial charge in [-0.1, -0.05) is 182 Å². The summed E-state index contributed by atoms with van der Waals surface area (Å²) < 4.78 is 4.74. The van der Waals surface area contributed by atoms with Crippen molar-refractivity contribution >= 4 is 54.4 Å². The maximum atomic E-state index is 10.5. The van der Waals surface area contributed by atoms with Crippen LogP contribution in [0.4, 0.5) is 0 Å². The first-order chi connectivity index (χ1) is 33.7. The third-order valence-electron chi connectivity index (χ3n) is 13.2.